The van der Waals surface area contributed by atoms with E-state index in [-0.39, 0.29) is 5.41 Å². The van der Waals surface area contributed by atoms with E-state index >= 15 is 0 Å². The number of nitrogens with one attached hydrogen (secondary N) is 1. The number of hydrogen-bond donors (Lipinski definition) is 1. The summed E-state index contributed by atoms with van der Waals surface area (Å²) in [7, 11) is 0. The molecule has 0 radical (unpaired) electrons. The van der Waals surface area contributed by atoms with Crippen LogP contribution < -0.4 is 5.32 Å². The third-order valence-corrected chi connectivity index (χ3v) is 5.16. The van der Waals surface area contributed by atoms with Crippen LogP contribution in [0.3, 0.4) is 0 Å². The molecule has 0 spiro atoms. The standard InChI is InChI=1S/C16H30N2O/c1-3-11-17-14-7-12-18(13-8-14)15(19)16(4-2)9-5-6-10-16/h14,17H,3-13H2,1-2H3. The molecule has 110 valence electrons. The van der Waals surface area contributed by atoms with Gasteiger partial charge in [0, 0.05) is 24.5 Å². The first kappa shape index (κ1) is 14.8. The molecule has 1 amide bonds. The molecule has 2 rings (SSSR count). The minimum atomic E-state index is 0.00365. The second-order valence-electron chi connectivity index (χ2n) is 6.36. The smallest absolute Gasteiger partial charge is 0.228 e. The van der Waals surface area contributed by atoms with Crippen molar-refractivity contribution in [2.75, 3.05) is 19.6 Å². The maximum Gasteiger partial charge on any atom is 0.228 e. The van der Waals surface area contributed by atoms with Gasteiger partial charge in [0.05, 0.1) is 0 Å². The Morgan fingerprint density at radius 3 is 2.37 bits per heavy atom. The van der Waals surface area contributed by atoms with Crippen molar-refractivity contribution >= 4 is 5.91 Å². The number of piperidine rings is 1. The van der Waals surface area contributed by atoms with E-state index in [4.69, 9.17) is 0 Å². The summed E-state index contributed by atoms with van der Waals surface area (Å²) in [5.41, 5.74) is 0.00365. The SMILES string of the molecule is CCCNC1CCN(C(=O)C2(CC)CCCC2)CC1. The van der Waals surface area contributed by atoms with Crippen molar-refractivity contribution in [2.24, 2.45) is 5.41 Å². The van der Waals surface area contributed by atoms with Gasteiger partial charge in [0.2, 0.25) is 5.91 Å². The van der Waals surface area contributed by atoms with E-state index in [1.165, 1.54) is 19.3 Å². The van der Waals surface area contributed by atoms with Crippen LogP contribution in [-0.4, -0.2) is 36.5 Å². The maximum atomic E-state index is 12.8. The van der Waals surface area contributed by atoms with Crippen LogP contribution in [-0.2, 0) is 4.79 Å². The highest BCUT2D eigenvalue weighted by atomic mass is 16.2. The first-order chi connectivity index (χ1) is 9.22. The molecule has 0 bridgehead atoms. The van der Waals surface area contributed by atoms with Gasteiger partial charge in [-0.15, -0.1) is 0 Å². The zero-order valence-corrected chi connectivity index (χ0v) is 12.7. The number of nitrogens with zero attached hydrogens (tertiary/aromatic N) is 1. The van der Waals surface area contributed by atoms with Crippen molar-refractivity contribution in [2.45, 2.75) is 71.3 Å². The van der Waals surface area contributed by atoms with Crippen LogP contribution in [0.2, 0.25) is 0 Å². The van der Waals surface area contributed by atoms with E-state index in [0.29, 0.717) is 11.9 Å². The molecule has 3 nitrogen and oxygen atoms in total. The van der Waals surface area contributed by atoms with Crippen LogP contribution >= 0.6 is 0 Å². The molecule has 1 aliphatic heterocycles. The summed E-state index contributed by atoms with van der Waals surface area (Å²) in [6.45, 7) is 7.43. The molecule has 1 saturated carbocycles. The van der Waals surface area contributed by atoms with Gasteiger partial charge in [-0.05, 0) is 45.1 Å². The van der Waals surface area contributed by atoms with E-state index in [2.05, 4.69) is 24.1 Å². The van der Waals surface area contributed by atoms with Crippen molar-refractivity contribution in [3.8, 4) is 0 Å². The van der Waals surface area contributed by atoms with Crippen molar-refractivity contribution in [1.29, 1.82) is 0 Å². The van der Waals surface area contributed by atoms with Crippen molar-refractivity contribution in [3.05, 3.63) is 0 Å². The lowest BCUT2D eigenvalue weighted by Crippen LogP contribution is -2.49. The normalized spacial score (nSPS) is 23.8. The summed E-state index contributed by atoms with van der Waals surface area (Å²) in [6.07, 6.45) is 9.21. The van der Waals surface area contributed by atoms with Crippen LogP contribution in [0.25, 0.3) is 0 Å². The van der Waals surface area contributed by atoms with E-state index < -0.39 is 0 Å². The van der Waals surface area contributed by atoms with E-state index in [1.807, 2.05) is 0 Å². The fourth-order valence-electron chi connectivity index (χ4n) is 3.74. The Balaban J connectivity index is 1.85. The summed E-state index contributed by atoms with van der Waals surface area (Å²) < 4.78 is 0. The van der Waals surface area contributed by atoms with Crippen LogP contribution in [0.15, 0.2) is 0 Å². The van der Waals surface area contributed by atoms with Gasteiger partial charge in [0.15, 0.2) is 0 Å². The number of hydrogen-bond acceptors (Lipinski definition) is 2. The predicted octanol–water partition coefficient (Wildman–Crippen LogP) is 2.95. The fraction of sp³-hybridized carbons (Fsp3) is 0.938. The summed E-state index contributed by atoms with van der Waals surface area (Å²) in [4.78, 5) is 14.9. The Labute approximate surface area is 118 Å². The number of rotatable bonds is 5. The molecule has 2 fully saturated rings. The van der Waals surface area contributed by atoms with E-state index in [1.54, 1.807) is 0 Å². The highest BCUT2D eigenvalue weighted by Gasteiger charge is 2.42. The van der Waals surface area contributed by atoms with Crippen LogP contribution in [0, 0.1) is 5.41 Å². The first-order valence-electron chi connectivity index (χ1n) is 8.24. The Bertz CT molecular complexity index is 289. The molecule has 1 N–H and O–H groups in total. The minimum Gasteiger partial charge on any atom is -0.342 e. The Kier molecular flexibility index (Phi) is 5.26. The van der Waals surface area contributed by atoms with Gasteiger partial charge in [-0.25, -0.2) is 0 Å². The lowest BCUT2D eigenvalue weighted by molar-refractivity contribution is -0.143. The molecule has 0 aromatic heterocycles. The van der Waals surface area contributed by atoms with Gasteiger partial charge in [-0.2, -0.15) is 0 Å². The van der Waals surface area contributed by atoms with Gasteiger partial charge in [-0.1, -0.05) is 26.7 Å². The molecule has 2 aliphatic rings. The molecule has 0 atom stereocenters. The van der Waals surface area contributed by atoms with Gasteiger partial charge in [-0.3, -0.25) is 4.79 Å². The average Bonchev–Trinajstić information content (AvgIpc) is 2.95. The largest absolute Gasteiger partial charge is 0.342 e. The third-order valence-electron chi connectivity index (χ3n) is 5.16. The van der Waals surface area contributed by atoms with Crippen molar-refractivity contribution in [1.82, 2.24) is 10.2 Å². The molecule has 1 saturated heterocycles. The maximum absolute atomic E-state index is 12.8. The fourth-order valence-corrected chi connectivity index (χ4v) is 3.74. The number of carbonyl (C=O) groups excluding carboxylic acids is 1. The second-order valence-corrected chi connectivity index (χ2v) is 6.36. The number of amides is 1. The predicted molar refractivity (Wildman–Crippen MR) is 79.1 cm³/mol. The molecular weight excluding hydrogens is 236 g/mol. The zero-order valence-electron chi connectivity index (χ0n) is 12.7. The molecule has 0 unspecified atom stereocenters. The molecule has 19 heavy (non-hydrogen) atoms. The van der Waals surface area contributed by atoms with Gasteiger partial charge in [0.25, 0.3) is 0 Å². The number of likely N-dealkylation sites (tertiary alicyclic amines) is 1. The summed E-state index contributed by atoms with van der Waals surface area (Å²) in [5.74, 6) is 0.460. The lowest BCUT2D eigenvalue weighted by atomic mass is 9.81. The van der Waals surface area contributed by atoms with E-state index in [0.717, 1.165) is 51.7 Å². The summed E-state index contributed by atoms with van der Waals surface area (Å²) in [6, 6.07) is 0.630. The molecule has 1 aliphatic carbocycles. The quantitative estimate of drug-likeness (QED) is 0.830. The van der Waals surface area contributed by atoms with Crippen LogP contribution in [0.4, 0.5) is 0 Å². The second kappa shape index (κ2) is 6.74. The Hall–Kier alpha value is -0.570. The first-order valence-corrected chi connectivity index (χ1v) is 8.24. The van der Waals surface area contributed by atoms with Gasteiger partial charge < -0.3 is 10.2 Å². The lowest BCUT2D eigenvalue weighted by Gasteiger charge is -2.38. The monoisotopic (exact) mass is 266 g/mol. The average molecular weight is 266 g/mol. The van der Waals surface area contributed by atoms with Crippen LogP contribution in [0.1, 0.15) is 65.2 Å². The molecule has 0 aromatic carbocycles. The Morgan fingerprint density at radius 2 is 1.84 bits per heavy atom. The van der Waals surface area contributed by atoms with Crippen molar-refractivity contribution < 1.29 is 4.79 Å². The number of carbonyl (C=O) groups is 1. The highest BCUT2D eigenvalue weighted by molar-refractivity contribution is 5.83. The topological polar surface area (TPSA) is 32.3 Å². The molecule has 0 aromatic rings. The Morgan fingerprint density at radius 1 is 1.21 bits per heavy atom. The minimum absolute atomic E-state index is 0.00365. The summed E-state index contributed by atoms with van der Waals surface area (Å²) in [5, 5.41) is 3.59. The van der Waals surface area contributed by atoms with Gasteiger partial charge >= 0.3 is 0 Å². The zero-order chi connectivity index (χ0) is 13.7. The molecular formula is C16H30N2O. The van der Waals surface area contributed by atoms with E-state index in [9.17, 15) is 4.79 Å². The molecule has 1 heterocycles. The molecule has 3 heteroatoms. The van der Waals surface area contributed by atoms with Gasteiger partial charge in [0.1, 0.15) is 0 Å². The van der Waals surface area contributed by atoms with Crippen molar-refractivity contribution in [3.63, 3.8) is 0 Å². The summed E-state index contributed by atoms with van der Waals surface area (Å²) >= 11 is 0. The van der Waals surface area contributed by atoms with Crippen LogP contribution in [0.5, 0.6) is 0 Å². The highest BCUT2D eigenvalue weighted by Crippen LogP contribution is 2.42. The third kappa shape index (κ3) is 3.31.